The molecule has 0 saturated carbocycles. The van der Waals surface area contributed by atoms with Crippen molar-refractivity contribution >= 4 is 39.5 Å². The van der Waals surface area contributed by atoms with Crippen molar-refractivity contribution in [1.29, 1.82) is 0 Å². The van der Waals surface area contributed by atoms with Crippen molar-refractivity contribution in [3.05, 3.63) is 53.2 Å². The highest BCUT2D eigenvalue weighted by Gasteiger charge is 2.15. The van der Waals surface area contributed by atoms with E-state index in [4.69, 9.17) is 4.84 Å². The van der Waals surface area contributed by atoms with Crippen molar-refractivity contribution in [3.8, 4) is 0 Å². The lowest BCUT2D eigenvalue weighted by Crippen LogP contribution is -2.39. The molecule has 0 amide bonds. The van der Waals surface area contributed by atoms with Gasteiger partial charge >= 0.3 is 0 Å². The maximum Gasteiger partial charge on any atom is 0.240 e. The molecule has 0 N–H and O–H groups in total. The van der Waals surface area contributed by atoms with Gasteiger partial charge in [0.15, 0.2) is 6.29 Å². The molecule has 0 aliphatic rings. The zero-order valence-electron chi connectivity index (χ0n) is 11.7. The van der Waals surface area contributed by atoms with Crippen LogP contribution in [0.1, 0.15) is 15.2 Å². The number of benzene rings is 1. The molecule has 3 rings (SSSR count). The fourth-order valence-electron chi connectivity index (χ4n) is 2.03. The minimum atomic E-state index is 0.726. The van der Waals surface area contributed by atoms with Crippen LogP contribution in [0.2, 0.25) is 0 Å². The Labute approximate surface area is 131 Å². The van der Waals surface area contributed by atoms with E-state index in [2.05, 4.69) is 31.2 Å². The Morgan fingerprint density at radius 2 is 2.00 bits per heavy atom. The summed E-state index contributed by atoms with van der Waals surface area (Å²) in [5.41, 5.74) is 1.24. The largest absolute Gasteiger partial charge is 0.297 e. The second-order valence-corrected chi connectivity index (χ2v) is 6.86. The van der Waals surface area contributed by atoms with E-state index in [0.717, 1.165) is 31.0 Å². The number of hydrogen-bond donors (Lipinski definition) is 0. The highest BCUT2D eigenvalue weighted by atomic mass is 32.2. The number of rotatable bonds is 4. The van der Waals surface area contributed by atoms with Crippen LogP contribution in [0.3, 0.4) is 0 Å². The molecule has 0 saturated heterocycles. The summed E-state index contributed by atoms with van der Waals surface area (Å²) in [5, 5.41) is 1.08. The predicted molar refractivity (Wildman–Crippen MR) is 85.2 cm³/mol. The molecular formula is C16H14NO2S2+. The van der Waals surface area contributed by atoms with Gasteiger partial charge in [-0.3, -0.25) is 9.63 Å². The molecule has 0 aliphatic heterocycles. The third-order valence-electron chi connectivity index (χ3n) is 3.11. The highest BCUT2D eigenvalue weighted by Crippen LogP contribution is 2.35. The van der Waals surface area contributed by atoms with E-state index in [-0.39, 0.29) is 0 Å². The second kappa shape index (κ2) is 5.87. The number of thiophene rings is 1. The van der Waals surface area contributed by atoms with Crippen molar-refractivity contribution in [2.45, 2.75) is 16.7 Å². The molecule has 0 bridgehead atoms. The smallest absolute Gasteiger partial charge is 0.240 e. The summed E-state index contributed by atoms with van der Waals surface area (Å²) in [4.78, 5) is 19.2. The molecular weight excluding hydrogens is 302 g/mol. The van der Waals surface area contributed by atoms with Gasteiger partial charge in [-0.2, -0.15) is 0 Å². The number of carbonyl (C=O) groups excluding carboxylic acids is 1. The van der Waals surface area contributed by atoms with Crippen LogP contribution in [-0.4, -0.2) is 13.4 Å². The van der Waals surface area contributed by atoms with Crippen LogP contribution in [-0.2, 0) is 0 Å². The van der Waals surface area contributed by atoms with Gasteiger partial charge in [0.05, 0.1) is 9.77 Å². The molecule has 3 aromatic rings. The van der Waals surface area contributed by atoms with Gasteiger partial charge in [0, 0.05) is 15.0 Å². The number of carbonyl (C=O) groups is 1. The lowest BCUT2D eigenvalue weighted by atomic mass is 10.2. The van der Waals surface area contributed by atoms with Crippen LogP contribution >= 0.6 is 23.1 Å². The molecule has 2 heterocycles. The normalized spacial score (nSPS) is 10.8. The molecule has 2 aromatic heterocycles. The average molecular weight is 316 g/mol. The van der Waals surface area contributed by atoms with Crippen molar-refractivity contribution < 1.29 is 14.4 Å². The number of hydrogen-bond acceptors (Lipinski definition) is 4. The van der Waals surface area contributed by atoms with Crippen LogP contribution in [0.25, 0.3) is 10.1 Å². The zero-order chi connectivity index (χ0) is 14.8. The molecule has 0 atom stereocenters. The van der Waals surface area contributed by atoms with Crippen LogP contribution in [0.15, 0.2) is 52.5 Å². The van der Waals surface area contributed by atoms with E-state index in [9.17, 15) is 4.79 Å². The summed E-state index contributed by atoms with van der Waals surface area (Å²) in [6.07, 6.45) is 4.72. The van der Waals surface area contributed by atoms with Crippen molar-refractivity contribution in [2.75, 3.05) is 7.11 Å². The van der Waals surface area contributed by atoms with Gasteiger partial charge in [-0.1, -0.05) is 29.5 Å². The number of aromatic nitrogens is 1. The first kappa shape index (κ1) is 14.1. The molecule has 21 heavy (non-hydrogen) atoms. The molecule has 0 radical (unpaired) electrons. The average Bonchev–Trinajstić information content (AvgIpc) is 2.92. The van der Waals surface area contributed by atoms with Crippen LogP contribution in [0.4, 0.5) is 0 Å². The Morgan fingerprint density at radius 3 is 2.67 bits per heavy atom. The molecule has 0 unspecified atom stereocenters. The quantitative estimate of drug-likeness (QED) is 0.545. The third kappa shape index (κ3) is 2.94. The van der Waals surface area contributed by atoms with E-state index in [1.54, 1.807) is 23.6 Å². The van der Waals surface area contributed by atoms with E-state index in [1.807, 2.05) is 18.5 Å². The third-order valence-corrected chi connectivity index (χ3v) is 5.16. The first-order valence-corrected chi connectivity index (χ1v) is 8.06. The van der Waals surface area contributed by atoms with Gasteiger partial charge in [-0.15, -0.1) is 11.3 Å². The van der Waals surface area contributed by atoms with Crippen LogP contribution < -0.4 is 9.57 Å². The lowest BCUT2D eigenvalue weighted by molar-refractivity contribution is -0.885. The highest BCUT2D eigenvalue weighted by molar-refractivity contribution is 7.99. The topological polar surface area (TPSA) is 30.2 Å². The Morgan fingerprint density at radius 1 is 1.24 bits per heavy atom. The number of fused-ring (bicyclic) bond motifs is 1. The predicted octanol–water partition coefficient (Wildman–Crippen LogP) is 3.52. The maximum atomic E-state index is 11.0. The summed E-state index contributed by atoms with van der Waals surface area (Å²) in [6.45, 7) is 2.07. The van der Waals surface area contributed by atoms with Gasteiger partial charge in [0.2, 0.25) is 12.4 Å². The first-order chi connectivity index (χ1) is 10.2. The summed E-state index contributed by atoms with van der Waals surface area (Å²) in [7, 11) is 1.63. The van der Waals surface area contributed by atoms with E-state index < -0.39 is 0 Å². The monoisotopic (exact) mass is 316 g/mol. The molecule has 1 aromatic carbocycles. The zero-order valence-corrected chi connectivity index (χ0v) is 13.3. The number of nitrogens with zero attached hydrogens (tertiary/aromatic N) is 1. The molecule has 5 heteroatoms. The lowest BCUT2D eigenvalue weighted by Gasteiger charge is -2.02. The Balaban J connectivity index is 2.08. The Hall–Kier alpha value is -1.85. The minimum absolute atomic E-state index is 0.726. The molecule has 0 fully saturated rings. The molecule has 3 nitrogen and oxygen atoms in total. The first-order valence-electron chi connectivity index (χ1n) is 6.42. The van der Waals surface area contributed by atoms with Crippen molar-refractivity contribution in [1.82, 2.24) is 0 Å². The minimum Gasteiger partial charge on any atom is -0.297 e. The van der Waals surface area contributed by atoms with Crippen molar-refractivity contribution in [3.63, 3.8) is 0 Å². The summed E-state index contributed by atoms with van der Waals surface area (Å²) >= 11 is 3.14. The molecule has 0 spiro atoms. The Bertz CT molecular complexity index is 794. The van der Waals surface area contributed by atoms with E-state index in [1.165, 1.54) is 16.9 Å². The SMILES string of the molecule is CO[n+]1cc(Sc2ccc(C)cc2)c2cc(C=O)sc2c1. The molecule has 106 valence electrons. The summed E-state index contributed by atoms with van der Waals surface area (Å²) in [5.74, 6) is 0. The number of aldehydes is 1. The number of pyridine rings is 1. The van der Waals surface area contributed by atoms with E-state index in [0.29, 0.717) is 0 Å². The van der Waals surface area contributed by atoms with E-state index >= 15 is 0 Å². The van der Waals surface area contributed by atoms with Gasteiger partial charge < -0.3 is 0 Å². The fraction of sp³-hybridized carbons (Fsp3) is 0.125. The molecule has 0 aliphatic carbocycles. The van der Waals surface area contributed by atoms with Crippen LogP contribution in [0.5, 0.6) is 0 Å². The maximum absolute atomic E-state index is 11.0. The fourth-order valence-corrected chi connectivity index (χ4v) is 3.97. The van der Waals surface area contributed by atoms with Crippen LogP contribution in [0, 0.1) is 6.92 Å². The summed E-state index contributed by atoms with van der Waals surface area (Å²) in [6, 6.07) is 10.3. The number of aryl methyl sites for hydroxylation is 1. The van der Waals surface area contributed by atoms with Gasteiger partial charge in [-0.05, 0) is 25.1 Å². The van der Waals surface area contributed by atoms with Gasteiger partial charge in [0.25, 0.3) is 0 Å². The van der Waals surface area contributed by atoms with Gasteiger partial charge in [0.1, 0.15) is 11.8 Å². The van der Waals surface area contributed by atoms with Crippen molar-refractivity contribution in [2.24, 2.45) is 0 Å². The Kier molecular flexibility index (Phi) is 3.94. The standard InChI is InChI=1S/C16H14NO2S2/c1-11-3-5-12(6-4-11)20-15-8-17(19-2)9-16-14(15)7-13(10-18)21-16/h3-10H,1-2H3/q+1. The second-order valence-electron chi connectivity index (χ2n) is 4.62. The van der Waals surface area contributed by atoms with Gasteiger partial charge in [-0.25, -0.2) is 0 Å². The summed E-state index contributed by atoms with van der Waals surface area (Å²) < 4.78 is 2.71.